The standard InChI is InChI=1S/C17H19N5O2S/c1-21-10-12(11-21)20-16-14-7-8-22(17(14)19-9-15(16)18)25(23,24)13-5-3-2-4-6-13/h2-9,12H,10-11,18H2,1H3,(H,19,20). The summed E-state index contributed by atoms with van der Waals surface area (Å²) in [5.74, 6) is 0. The first-order valence-corrected chi connectivity index (χ1v) is 9.42. The molecule has 8 heteroatoms. The van der Waals surface area contributed by atoms with E-state index in [1.807, 2.05) is 7.05 Å². The summed E-state index contributed by atoms with van der Waals surface area (Å²) in [5, 5.41) is 4.11. The second-order valence-corrected chi connectivity index (χ2v) is 8.13. The largest absolute Gasteiger partial charge is 0.396 e. The Morgan fingerprint density at radius 1 is 1.20 bits per heavy atom. The topological polar surface area (TPSA) is 93.2 Å². The quantitative estimate of drug-likeness (QED) is 0.736. The average Bonchev–Trinajstić information content (AvgIpc) is 3.01. The number of pyridine rings is 1. The Bertz CT molecular complexity index is 1020. The Hall–Kier alpha value is -2.58. The predicted molar refractivity (Wildman–Crippen MR) is 98.1 cm³/mol. The molecule has 25 heavy (non-hydrogen) atoms. The Kier molecular flexibility index (Phi) is 3.66. The van der Waals surface area contributed by atoms with Crippen LogP contribution in [0, 0.1) is 0 Å². The molecule has 1 aromatic carbocycles. The molecule has 4 rings (SSSR count). The maximum absolute atomic E-state index is 12.9. The lowest BCUT2D eigenvalue weighted by Gasteiger charge is -2.37. The van der Waals surface area contributed by atoms with Gasteiger partial charge in [0, 0.05) is 24.7 Å². The fraction of sp³-hybridized carbons (Fsp3) is 0.235. The molecular formula is C17H19N5O2S. The number of hydrogen-bond acceptors (Lipinski definition) is 6. The Morgan fingerprint density at radius 2 is 1.92 bits per heavy atom. The molecule has 1 aliphatic rings. The van der Waals surface area contributed by atoms with E-state index < -0.39 is 10.0 Å². The summed E-state index contributed by atoms with van der Waals surface area (Å²) in [4.78, 5) is 6.68. The molecule has 1 fully saturated rings. The molecule has 130 valence electrons. The summed E-state index contributed by atoms with van der Waals surface area (Å²) < 4.78 is 27.0. The van der Waals surface area contributed by atoms with E-state index >= 15 is 0 Å². The van der Waals surface area contributed by atoms with E-state index in [1.165, 1.54) is 16.4 Å². The van der Waals surface area contributed by atoms with Crippen LogP contribution < -0.4 is 11.1 Å². The van der Waals surface area contributed by atoms with Crippen LogP contribution in [0.15, 0.2) is 53.7 Å². The van der Waals surface area contributed by atoms with E-state index in [-0.39, 0.29) is 4.90 Å². The molecule has 0 radical (unpaired) electrons. The van der Waals surface area contributed by atoms with Crippen molar-refractivity contribution in [3.05, 3.63) is 48.8 Å². The van der Waals surface area contributed by atoms with Crippen molar-refractivity contribution in [3.63, 3.8) is 0 Å². The summed E-state index contributed by atoms with van der Waals surface area (Å²) in [5.41, 5.74) is 7.70. The highest BCUT2D eigenvalue weighted by molar-refractivity contribution is 7.90. The highest BCUT2D eigenvalue weighted by Crippen LogP contribution is 2.31. The zero-order valence-electron chi connectivity index (χ0n) is 13.8. The van der Waals surface area contributed by atoms with Crippen molar-refractivity contribution < 1.29 is 8.42 Å². The SMILES string of the molecule is CN1CC(Nc2c(N)cnc3c2ccn3S(=O)(=O)c2ccccc2)C1. The van der Waals surface area contributed by atoms with E-state index in [0.717, 1.165) is 18.8 Å². The van der Waals surface area contributed by atoms with Crippen molar-refractivity contribution in [3.8, 4) is 0 Å². The number of benzene rings is 1. The van der Waals surface area contributed by atoms with Gasteiger partial charge in [-0.3, -0.25) is 0 Å². The molecule has 1 saturated heterocycles. The van der Waals surface area contributed by atoms with Gasteiger partial charge in [-0.25, -0.2) is 17.4 Å². The third-order valence-electron chi connectivity index (χ3n) is 4.42. The number of aromatic nitrogens is 2. The molecule has 0 bridgehead atoms. The minimum absolute atomic E-state index is 0.223. The van der Waals surface area contributed by atoms with Gasteiger partial charge in [0.15, 0.2) is 5.65 Å². The van der Waals surface area contributed by atoms with Crippen LogP contribution in [0.25, 0.3) is 11.0 Å². The zero-order valence-corrected chi connectivity index (χ0v) is 14.6. The summed E-state index contributed by atoms with van der Waals surface area (Å²) in [7, 11) is -1.66. The number of hydrogen-bond donors (Lipinski definition) is 2. The molecule has 3 N–H and O–H groups in total. The number of nitrogen functional groups attached to an aromatic ring is 1. The molecule has 0 aliphatic carbocycles. The van der Waals surface area contributed by atoms with Gasteiger partial charge in [0.1, 0.15) is 0 Å². The van der Waals surface area contributed by atoms with Gasteiger partial charge in [0.25, 0.3) is 10.0 Å². The molecular weight excluding hydrogens is 338 g/mol. The lowest BCUT2D eigenvalue weighted by Crippen LogP contribution is -2.52. The van der Waals surface area contributed by atoms with Gasteiger partial charge in [0.05, 0.1) is 28.5 Å². The number of nitrogens with zero attached hydrogens (tertiary/aromatic N) is 3. The van der Waals surface area contributed by atoms with Crippen LogP contribution in [-0.4, -0.2) is 48.5 Å². The highest BCUT2D eigenvalue weighted by atomic mass is 32.2. The van der Waals surface area contributed by atoms with Gasteiger partial charge in [0.2, 0.25) is 0 Å². The number of rotatable bonds is 4. The minimum Gasteiger partial charge on any atom is -0.396 e. The summed E-state index contributed by atoms with van der Waals surface area (Å²) in [6, 6.07) is 10.4. The van der Waals surface area contributed by atoms with Crippen molar-refractivity contribution in [1.82, 2.24) is 13.9 Å². The first-order chi connectivity index (χ1) is 12.0. The zero-order chi connectivity index (χ0) is 17.6. The number of fused-ring (bicyclic) bond motifs is 1. The summed E-state index contributed by atoms with van der Waals surface area (Å²) in [6.07, 6.45) is 3.03. The molecule has 7 nitrogen and oxygen atoms in total. The molecule has 0 unspecified atom stereocenters. The maximum atomic E-state index is 12.9. The van der Waals surface area contributed by atoms with Crippen molar-refractivity contribution in [2.75, 3.05) is 31.2 Å². The van der Waals surface area contributed by atoms with Gasteiger partial charge in [-0.15, -0.1) is 0 Å². The van der Waals surface area contributed by atoms with Crippen molar-refractivity contribution in [2.24, 2.45) is 0 Å². The van der Waals surface area contributed by atoms with Crippen molar-refractivity contribution >= 4 is 32.4 Å². The first-order valence-electron chi connectivity index (χ1n) is 7.98. The van der Waals surface area contributed by atoms with Gasteiger partial charge < -0.3 is 16.0 Å². The van der Waals surface area contributed by atoms with E-state index in [9.17, 15) is 8.42 Å². The highest BCUT2D eigenvalue weighted by Gasteiger charge is 2.26. The molecule has 2 aromatic heterocycles. The van der Waals surface area contributed by atoms with E-state index in [1.54, 1.807) is 36.4 Å². The number of nitrogens with two attached hydrogens (primary N) is 1. The third-order valence-corrected chi connectivity index (χ3v) is 6.10. The fourth-order valence-electron chi connectivity index (χ4n) is 3.13. The molecule has 0 spiro atoms. The Morgan fingerprint density at radius 3 is 2.60 bits per heavy atom. The van der Waals surface area contributed by atoms with Crippen LogP contribution in [0.1, 0.15) is 0 Å². The van der Waals surface area contributed by atoms with Crippen LogP contribution in [0.4, 0.5) is 11.4 Å². The molecule has 3 heterocycles. The van der Waals surface area contributed by atoms with Crippen LogP contribution in [0.5, 0.6) is 0 Å². The van der Waals surface area contributed by atoms with Crippen LogP contribution in [0.3, 0.4) is 0 Å². The first kappa shape index (κ1) is 15.9. The molecule has 0 saturated carbocycles. The molecule has 0 atom stereocenters. The molecule has 1 aliphatic heterocycles. The van der Waals surface area contributed by atoms with Gasteiger partial charge in [-0.05, 0) is 25.2 Å². The normalized spacial score (nSPS) is 16.0. The van der Waals surface area contributed by atoms with Crippen LogP contribution in [-0.2, 0) is 10.0 Å². The van der Waals surface area contributed by atoms with E-state index in [2.05, 4.69) is 15.2 Å². The van der Waals surface area contributed by atoms with Crippen molar-refractivity contribution in [2.45, 2.75) is 10.9 Å². The predicted octanol–water partition coefficient (Wildman–Crippen LogP) is 1.58. The van der Waals surface area contributed by atoms with E-state index in [4.69, 9.17) is 5.73 Å². The van der Waals surface area contributed by atoms with Crippen molar-refractivity contribution in [1.29, 1.82) is 0 Å². The maximum Gasteiger partial charge on any atom is 0.269 e. The molecule has 0 amide bonds. The lowest BCUT2D eigenvalue weighted by molar-refractivity contribution is 0.205. The number of likely N-dealkylation sites (tertiary alicyclic amines) is 1. The third kappa shape index (κ3) is 2.63. The van der Waals surface area contributed by atoms with Crippen LogP contribution >= 0.6 is 0 Å². The summed E-state index contributed by atoms with van der Waals surface area (Å²) in [6.45, 7) is 1.85. The van der Waals surface area contributed by atoms with Gasteiger partial charge in [-0.2, -0.15) is 0 Å². The smallest absolute Gasteiger partial charge is 0.269 e. The number of nitrogens with one attached hydrogen (secondary N) is 1. The second-order valence-electron chi connectivity index (χ2n) is 6.32. The van der Waals surface area contributed by atoms with Crippen LogP contribution in [0.2, 0.25) is 0 Å². The van der Waals surface area contributed by atoms with Gasteiger partial charge in [-0.1, -0.05) is 18.2 Å². The monoisotopic (exact) mass is 357 g/mol. The lowest BCUT2D eigenvalue weighted by atomic mass is 10.1. The fourth-order valence-corrected chi connectivity index (χ4v) is 4.46. The Balaban J connectivity index is 1.80. The van der Waals surface area contributed by atoms with Gasteiger partial charge >= 0.3 is 0 Å². The van der Waals surface area contributed by atoms with E-state index in [0.29, 0.717) is 22.8 Å². The average molecular weight is 357 g/mol. The minimum atomic E-state index is -3.70. The second kappa shape index (κ2) is 5.75. The number of anilines is 2. The Labute approximate surface area is 146 Å². The summed E-state index contributed by atoms with van der Waals surface area (Å²) >= 11 is 0. The molecule has 3 aromatic rings. The number of likely N-dealkylation sites (N-methyl/N-ethyl adjacent to an activating group) is 1.